The standard InChI is InChI=1S/C16H26N2O3/c1-12(6-7-18(2)3)17-11-14(19)13-4-5-15-16(10-13)21-9-8-20-15/h4-5,10,12,14,17,19H,6-9,11H2,1-3H3. The van der Waals surface area contributed by atoms with Crippen molar-refractivity contribution in [3.63, 3.8) is 0 Å². The highest BCUT2D eigenvalue weighted by molar-refractivity contribution is 5.44. The molecule has 1 aromatic rings. The van der Waals surface area contributed by atoms with Gasteiger partial charge in [-0.2, -0.15) is 0 Å². The van der Waals surface area contributed by atoms with Crippen molar-refractivity contribution >= 4 is 0 Å². The van der Waals surface area contributed by atoms with Crippen LogP contribution >= 0.6 is 0 Å². The Hall–Kier alpha value is -1.30. The van der Waals surface area contributed by atoms with Crippen LogP contribution in [0.5, 0.6) is 11.5 Å². The van der Waals surface area contributed by atoms with Crippen LogP contribution in [0.15, 0.2) is 18.2 Å². The number of benzene rings is 1. The number of nitrogens with zero attached hydrogens (tertiary/aromatic N) is 1. The summed E-state index contributed by atoms with van der Waals surface area (Å²) >= 11 is 0. The van der Waals surface area contributed by atoms with E-state index in [-0.39, 0.29) is 0 Å². The summed E-state index contributed by atoms with van der Waals surface area (Å²) in [5.41, 5.74) is 0.853. The Morgan fingerprint density at radius 1 is 1.24 bits per heavy atom. The highest BCUT2D eigenvalue weighted by Crippen LogP contribution is 2.32. The number of hydrogen-bond acceptors (Lipinski definition) is 5. The first-order valence-corrected chi connectivity index (χ1v) is 7.52. The van der Waals surface area contributed by atoms with Gasteiger partial charge in [-0.15, -0.1) is 0 Å². The van der Waals surface area contributed by atoms with Crippen molar-refractivity contribution < 1.29 is 14.6 Å². The molecule has 1 aliphatic heterocycles. The lowest BCUT2D eigenvalue weighted by Crippen LogP contribution is -2.33. The van der Waals surface area contributed by atoms with Gasteiger partial charge in [0.15, 0.2) is 11.5 Å². The van der Waals surface area contributed by atoms with Gasteiger partial charge in [-0.25, -0.2) is 0 Å². The van der Waals surface area contributed by atoms with Crippen molar-refractivity contribution in [3.05, 3.63) is 23.8 Å². The summed E-state index contributed by atoms with van der Waals surface area (Å²) in [4.78, 5) is 2.16. The van der Waals surface area contributed by atoms with Crippen molar-refractivity contribution in [2.45, 2.75) is 25.5 Å². The van der Waals surface area contributed by atoms with Crippen LogP contribution in [0.4, 0.5) is 0 Å². The lowest BCUT2D eigenvalue weighted by molar-refractivity contribution is 0.160. The van der Waals surface area contributed by atoms with Crippen LogP contribution in [-0.4, -0.2) is 56.4 Å². The minimum atomic E-state index is -0.539. The van der Waals surface area contributed by atoms with Gasteiger partial charge in [0.25, 0.3) is 0 Å². The Balaban J connectivity index is 1.84. The first kappa shape index (κ1) is 16.1. The molecule has 0 spiro atoms. The number of aliphatic hydroxyl groups excluding tert-OH is 1. The molecule has 0 saturated carbocycles. The maximum Gasteiger partial charge on any atom is 0.161 e. The van der Waals surface area contributed by atoms with Crippen LogP contribution in [0.25, 0.3) is 0 Å². The highest BCUT2D eigenvalue weighted by Gasteiger charge is 2.15. The summed E-state index contributed by atoms with van der Waals surface area (Å²) < 4.78 is 11.0. The van der Waals surface area contributed by atoms with E-state index < -0.39 is 6.10 Å². The number of rotatable bonds is 7. The molecule has 0 radical (unpaired) electrons. The Morgan fingerprint density at radius 2 is 1.95 bits per heavy atom. The molecule has 0 aliphatic carbocycles. The van der Waals surface area contributed by atoms with Crippen LogP contribution in [0.1, 0.15) is 25.0 Å². The summed E-state index contributed by atoms with van der Waals surface area (Å²) in [6, 6.07) is 6.00. The number of hydrogen-bond donors (Lipinski definition) is 2. The van der Waals surface area contributed by atoms with Gasteiger partial charge < -0.3 is 24.8 Å². The van der Waals surface area contributed by atoms with Crippen molar-refractivity contribution in [1.29, 1.82) is 0 Å². The average molecular weight is 294 g/mol. The van der Waals surface area contributed by atoms with Crippen LogP contribution in [0, 0.1) is 0 Å². The fourth-order valence-corrected chi connectivity index (χ4v) is 2.25. The smallest absolute Gasteiger partial charge is 0.161 e. The second kappa shape index (κ2) is 7.64. The predicted octanol–water partition coefficient (Wildman–Crippen LogP) is 1.42. The Kier molecular flexibility index (Phi) is 5.85. The Morgan fingerprint density at radius 3 is 2.67 bits per heavy atom. The molecule has 1 aromatic carbocycles. The third-order valence-electron chi connectivity index (χ3n) is 3.62. The minimum Gasteiger partial charge on any atom is -0.486 e. The van der Waals surface area contributed by atoms with Crippen LogP contribution in [-0.2, 0) is 0 Å². The average Bonchev–Trinajstić information content (AvgIpc) is 2.50. The van der Waals surface area contributed by atoms with Crippen molar-refractivity contribution in [2.24, 2.45) is 0 Å². The SMILES string of the molecule is CC(CCN(C)C)NCC(O)c1ccc2c(c1)OCCO2. The fourth-order valence-electron chi connectivity index (χ4n) is 2.25. The molecule has 2 atom stereocenters. The molecule has 1 aliphatic rings. The molecule has 0 saturated heterocycles. The molecular weight excluding hydrogens is 268 g/mol. The van der Waals surface area contributed by atoms with Gasteiger partial charge in [0.1, 0.15) is 13.2 Å². The summed E-state index contributed by atoms with van der Waals surface area (Å²) in [5, 5.41) is 13.6. The van der Waals surface area contributed by atoms with Gasteiger partial charge in [-0.3, -0.25) is 0 Å². The van der Waals surface area contributed by atoms with E-state index in [1.807, 2.05) is 18.2 Å². The molecule has 0 aromatic heterocycles. The monoisotopic (exact) mass is 294 g/mol. The van der Waals surface area contributed by atoms with Gasteiger partial charge >= 0.3 is 0 Å². The maximum absolute atomic E-state index is 10.3. The predicted molar refractivity (Wildman–Crippen MR) is 83.0 cm³/mol. The van der Waals surface area contributed by atoms with E-state index in [9.17, 15) is 5.11 Å². The first-order valence-electron chi connectivity index (χ1n) is 7.52. The van der Waals surface area contributed by atoms with E-state index in [2.05, 4.69) is 31.2 Å². The molecule has 0 fully saturated rings. The van der Waals surface area contributed by atoms with E-state index in [4.69, 9.17) is 9.47 Å². The summed E-state index contributed by atoms with van der Waals surface area (Å²) in [6.45, 7) is 4.86. The lowest BCUT2D eigenvalue weighted by atomic mass is 10.1. The molecule has 2 rings (SSSR count). The largest absolute Gasteiger partial charge is 0.486 e. The molecule has 2 unspecified atom stereocenters. The first-order chi connectivity index (χ1) is 10.1. The van der Waals surface area contributed by atoms with Gasteiger partial charge in [0.05, 0.1) is 6.10 Å². The van der Waals surface area contributed by atoms with Crippen LogP contribution in [0.2, 0.25) is 0 Å². The molecule has 5 nitrogen and oxygen atoms in total. The minimum absolute atomic E-state index is 0.374. The fraction of sp³-hybridized carbons (Fsp3) is 0.625. The molecule has 2 N–H and O–H groups in total. The molecule has 1 heterocycles. The molecule has 0 bridgehead atoms. The summed E-state index contributed by atoms with van der Waals surface area (Å²) in [7, 11) is 4.13. The Labute approximate surface area is 126 Å². The van der Waals surface area contributed by atoms with E-state index in [0.29, 0.717) is 25.8 Å². The Bertz CT molecular complexity index is 451. The second-order valence-corrected chi connectivity index (χ2v) is 5.82. The third-order valence-corrected chi connectivity index (χ3v) is 3.62. The van der Waals surface area contributed by atoms with E-state index in [1.165, 1.54) is 0 Å². The molecular formula is C16H26N2O3. The summed E-state index contributed by atoms with van der Waals surface area (Å²) in [5.74, 6) is 1.47. The number of nitrogens with one attached hydrogen (secondary N) is 1. The molecule has 5 heteroatoms. The normalized spacial score (nSPS) is 16.8. The van der Waals surface area contributed by atoms with Crippen molar-refractivity contribution in [2.75, 3.05) is 40.4 Å². The zero-order valence-electron chi connectivity index (χ0n) is 13.1. The molecule has 118 valence electrons. The second-order valence-electron chi connectivity index (χ2n) is 5.82. The topological polar surface area (TPSA) is 54.0 Å². The lowest BCUT2D eigenvalue weighted by Gasteiger charge is -2.22. The maximum atomic E-state index is 10.3. The van der Waals surface area contributed by atoms with Gasteiger partial charge in [-0.1, -0.05) is 6.07 Å². The quantitative estimate of drug-likeness (QED) is 0.796. The number of ether oxygens (including phenoxy) is 2. The van der Waals surface area contributed by atoms with Gasteiger partial charge in [0, 0.05) is 12.6 Å². The summed E-state index contributed by atoms with van der Waals surface area (Å²) in [6.07, 6.45) is 0.517. The van der Waals surface area contributed by atoms with Crippen molar-refractivity contribution in [1.82, 2.24) is 10.2 Å². The molecule has 21 heavy (non-hydrogen) atoms. The number of aliphatic hydroxyl groups is 1. The van der Waals surface area contributed by atoms with Crippen LogP contribution < -0.4 is 14.8 Å². The van der Waals surface area contributed by atoms with Gasteiger partial charge in [-0.05, 0) is 51.7 Å². The van der Waals surface area contributed by atoms with Crippen molar-refractivity contribution in [3.8, 4) is 11.5 Å². The highest BCUT2D eigenvalue weighted by atomic mass is 16.6. The molecule has 0 amide bonds. The zero-order chi connectivity index (χ0) is 15.2. The van der Waals surface area contributed by atoms with E-state index in [1.54, 1.807) is 0 Å². The van der Waals surface area contributed by atoms with E-state index >= 15 is 0 Å². The number of fused-ring (bicyclic) bond motifs is 1. The third kappa shape index (κ3) is 4.88. The van der Waals surface area contributed by atoms with Gasteiger partial charge in [0.2, 0.25) is 0 Å². The zero-order valence-corrected chi connectivity index (χ0v) is 13.1. The van der Waals surface area contributed by atoms with Crippen LogP contribution in [0.3, 0.4) is 0 Å². The van der Waals surface area contributed by atoms with E-state index in [0.717, 1.165) is 30.0 Å².